The number of carbonyl (C=O) groups excluding carboxylic acids is 1. The van der Waals surface area contributed by atoms with Crippen LogP contribution in [0.5, 0.6) is 11.5 Å². The van der Waals surface area contributed by atoms with Crippen LogP contribution in [0.25, 0.3) is 5.69 Å². The zero-order valence-electron chi connectivity index (χ0n) is 15.5. The molecule has 0 aliphatic rings. The highest BCUT2D eigenvalue weighted by molar-refractivity contribution is 9.10. The molecule has 0 saturated heterocycles. The van der Waals surface area contributed by atoms with Crippen molar-refractivity contribution in [1.29, 1.82) is 0 Å². The average molecular weight is 430 g/mol. The van der Waals surface area contributed by atoms with E-state index >= 15 is 0 Å². The first kappa shape index (κ1) is 19.0. The fraction of sp³-hybridized carbons (Fsp3) is 0.200. The first-order chi connectivity index (χ1) is 12.9. The first-order valence-electron chi connectivity index (χ1n) is 8.29. The fourth-order valence-electron chi connectivity index (χ4n) is 2.78. The number of aromatic nitrogens is 2. The molecule has 0 spiro atoms. The Morgan fingerprint density at radius 3 is 2.33 bits per heavy atom. The van der Waals surface area contributed by atoms with Crippen LogP contribution in [0.15, 0.2) is 47.1 Å². The first-order valence-corrected chi connectivity index (χ1v) is 9.08. The van der Waals surface area contributed by atoms with E-state index in [4.69, 9.17) is 9.47 Å². The smallest absolute Gasteiger partial charge is 0.259 e. The van der Waals surface area contributed by atoms with E-state index in [0.29, 0.717) is 22.7 Å². The number of carbonyl (C=O) groups is 1. The third-order valence-corrected chi connectivity index (χ3v) is 4.83. The lowest BCUT2D eigenvalue weighted by molar-refractivity contribution is 0.102. The van der Waals surface area contributed by atoms with Crippen molar-refractivity contribution in [1.82, 2.24) is 9.78 Å². The standard InChI is InChI=1S/C20H20BrN3O3/c1-12-9-18(26-3)19(27-4)10-17(12)23-20(25)16-11-22-24(13(16)2)15-7-5-14(21)6-8-15/h5-11H,1-4H3,(H,23,25). The largest absolute Gasteiger partial charge is 0.493 e. The van der Waals surface area contributed by atoms with E-state index < -0.39 is 0 Å². The molecule has 140 valence electrons. The van der Waals surface area contributed by atoms with E-state index in [0.717, 1.165) is 21.4 Å². The summed E-state index contributed by atoms with van der Waals surface area (Å²) in [5.41, 5.74) is 3.68. The molecule has 0 radical (unpaired) electrons. The molecule has 3 rings (SSSR count). The summed E-state index contributed by atoms with van der Waals surface area (Å²) in [5.74, 6) is 0.944. The fourth-order valence-corrected chi connectivity index (χ4v) is 3.04. The summed E-state index contributed by atoms with van der Waals surface area (Å²) in [5, 5.41) is 7.29. The third kappa shape index (κ3) is 3.83. The third-order valence-electron chi connectivity index (χ3n) is 4.30. The van der Waals surface area contributed by atoms with Crippen LogP contribution in [-0.2, 0) is 0 Å². The number of hydrogen-bond donors (Lipinski definition) is 1. The number of nitrogens with one attached hydrogen (secondary N) is 1. The molecule has 27 heavy (non-hydrogen) atoms. The van der Waals surface area contributed by atoms with Crippen molar-refractivity contribution < 1.29 is 14.3 Å². The number of hydrogen-bond acceptors (Lipinski definition) is 4. The number of nitrogens with zero attached hydrogens (tertiary/aromatic N) is 2. The number of methoxy groups -OCH3 is 2. The lowest BCUT2D eigenvalue weighted by atomic mass is 10.1. The highest BCUT2D eigenvalue weighted by atomic mass is 79.9. The van der Waals surface area contributed by atoms with Crippen molar-refractivity contribution >= 4 is 27.5 Å². The van der Waals surface area contributed by atoms with Crippen LogP contribution in [0.1, 0.15) is 21.6 Å². The van der Waals surface area contributed by atoms with Gasteiger partial charge in [-0.05, 0) is 49.7 Å². The van der Waals surface area contributed by atoms with Crippen molar-refractivity contribution in [2.75, 3.05) is 19.5 Å². The minimum Gasteiger partial charge on any atom is -0.493 e. The van der Waals surface area contributed by atoms with Crippen molar-refractivity contribution in [2.24, 2.45) is 0 Å². The van der Waals surface area contributed by atoms with Crippen LogP contribution in [0.3, 0.4) is 0 Å². The van der Waals surface area contributed by atoms with Gasteiger partial charge in [-0.3, -0.25) is 4.79 Å². The normalized spacial score (nSPS) is 10.6. The zero-order chi connectivity index (χ0) is 19.6. The summed E-state index contributed by atoms with van der Waals surface area (Å²) in [6.07, 6.45) is 1.57. The van der Waals surface area contributed by atoms with Gasteiger partial charge >= 0.3 is 0 Å². The maximum Gasteiger partial charge on any atom is 0.259 e. The minimum absolute atomic E-state index is 0.230. The van der Waals surface area contributed by atoms with Crippen molar-refractivity contribution in [3.63, 3.8) is 0 Å². The van der Waals surface area contributed by atoms with Gasteiger partial charge in [-0.15, -0.1) is 0 Å². The number of rotatable bonds is 5. The van der Waals surface area contributed by atoms with E-state index in [1.54, 1.807) is 31.2 Å². The molecule has 0 unspecified atom stereocenters. The van der Waals surface area contributed by atoms with E-state index in [2.05, 4.69) is 26.3 Å². The maximum absolute atomic E-state index is 12.8. The molecule has 1 N–H and O–H groups in total. The summed E-state index contributed by atoms with van der Waals surface area (Å²) in [7, 11) is 3.14. The molecule has 0 bridgehead atoms. The molecule has 0 atom stereocenters. The topological polar surface area (TPSA) is 65.4 Å². The van der Waals surface area contributed by atoms with Crippen LogP contribution in [0, 0.1) is 13.8 Å². The molecule has 0 aliphatic heterocycles. The van der Waals surface area contributed by atoms with Crippen molar-refractivity contribution in [3.8, 4) is 17.2 Å². The van der Waals surface area contributed by atoms with Crippen molar-refractivity contribution in [2.45, 2.75) is 13.8 Å². The number of anilines is 1. The lowest BCUT2D eigenvalue weighted by Gasteiger charge is -2.13. The SMILES string of the molecule is COc1cc(C)c(NC(=O)c2cnn(-c3ccc(Br)cc3)c2C)cc1OC. The molecule has 7 heteroatoms. The van der Waals surface area contributed by atoms with Gasteiger partial charge in [0.05, 0.1) is 37.4 Å². The molecule has 1 heterocycles. The molecule has 1 aromatic heterocycles. The summed E-state index contributed by atoms with van der Waals surface area (Å²) in [6.45, 7) is 3.76. The Labute approximate surface area is 166 Å². The van der Waals surface area contributed by atoms with Crippen LogP contribution in [0.2, 0.25) is 0 Å². The Bertz CT molecular complexity index is 981. The van der Waals surface area contributed by atoms with Crippen molar-refractivity contribution in [3.05, 3.63) is 63.9 Å². The molecule has 0 saturated carbocycles. The quantitative estimate of drug-likeness (QED) is 0.647. The predicted octanol–water partition coefficient (Wildman–Crippen LogP) is 4.52. The van der Waals surface area contributed by atoms with Gasteiger partial charge in [0, 0.05) is 16.2 Å². The molecule has 3 aromatic rings. The Balaban J connectivity index is 1.88. The molecule has 6 nitrogen and oxygen atoms in total. The molecule has 2 aromatic carbocycles. The van der Waals surface area contributed by atoms with Gasteiger partial charge in [0.1, 0.15) is 0 Å². The maximum atomic E-state index is 12.8. The number of ether oxygens (including phenoxy) is 2. The Kier molecular flexibility index (Phi) is 5.51. The van der Waals surface area contributed by atoms with E-state index in [-0.39, 0.29) is 5.91 Å². The molecule has 1 amide bonds. The summed E-state index contributed by atoms with van der Waals surface area (Å²) in [4.78, 5) is 12.8. The van der Waals surface area contributed by atoms with E-state index in [1.165, 1.54) is 0 Å². The number of amides is 1. The Hall–Kier alpha value is -2.80. The molecule has 0 aliphatic carbocycles. The second kappa shape index (κ2) is 7.84. The van der Waals surface area contributed by atoms with Crippen LogP contribution in [0.4, 0.5) is 5.69 Å². The molecule has 0 fully saturated rings. The van der Waals surface area contributed by atoms with E-state index in [1.807, 2.05) is 44.2 Å². The zero-order valence-corrected chi connectivity index (χ0v) is 17.1. The highest BCUT2D eigenvalue weighted by Crippen LogP contribution is 2.33. The van der Waals surface area contributed by atoms with Crippen LogP contribution in [-0.4, -0.2) is 29.9 Å². The Morgan fingerprint density at radius 2 is 1.70 bits per heavy atom. The van der Waals surface area contributed by atoms with Crippen LogP contribution >= 0.6 is 15.9 Å². The highest BCUT2D eigenvalue weighted by Gasteiger charge is 2.17. The van der Waals surface area contributed by atoms with Gasteiger partial charge in [-0.1, -0.05) is 15.9 Å². The van der Waals surface area contributed by atoms with Gasteiger partial charge in [0.15, 0.2) is 11.5 Å². The van der Waals surface area contributed by atoms with Gasteiger partial charge in [0.2, 0.25) is 0 Å². The van der Waals surface area contributed by atoms with E-state index in [9.17, 15) is 4.79 Å². The van der Waals surface area contributed by atoms with Gasteiger partial charge in [-0.25, -0.2) is 4.68 Å². The monoisotopic (exact) mass is 429 g/mol. The summed E-state index contributed by atoms with van der Waals surface area (Å²) >= 11 is 3.42. The van der Waals surface area contributed by atoms with Gasteiger partial charge < -0.3 is 14.8 Å². The number of halogens is 1. The number of benzene rings is 2. The lowest BCUT2D eigenvalue weighted by Crippen LogP contribution is -2.14. The Morgan fingerprint density at radius 1 is 1.07 bits per heavy atom. The second-order valence-corrected chi connectivity index (χ2v) is 6.92. The van der Waals surface area contributed by atoms with Crippen LogP contribution < -0.4 is 14.8 Å². The molecular formula is C20H20BrN3O3. The minimum atomic E-state index is -0.230. The summed E-state index contributed by atoms with van der Waals surface area (Å²) in [6, 6.07) is 11.3. The number of aryl methyl sites for hydroxylation is 1. The average Bonchev–Trinajstić information content (AvgIpc) is 3.05. The summed E-state index contributed by atoms with van der Waals surface area (Å²) < 4.78 is 13.3. The predicted molar refractivity (Wildman–Crippen MR) is 108 cm³/mol. The molecular weight excluding hydrogens is 410 g/mol. The van der Waals surface area contributed by atoms with Gasteiger partial charge in [0.25, 0.3) is 5.91 Å². The second-order valence-electron chi connectivity index (χ2n) is 6.01. The van der Waals surface area contributed by atoms with Gasteiger partial charge in [-0.2, -0.15) is 5.10 Å².